The van der Waals surface area contributed by atoms with Gasteiger partial charge in [-0.3, -0.25) is 13.7 Å². The fourth-order valence-corrected chi connectivity index (χ4v) is 9.53. The molecule has 9 aromatic rings. The van der Waals surface area contributed by atoms with Crippen molar-refractivity contribution in [2.75, 3.05) is 7.11 Å². The molecule has 9 rings (SSSR count). The van der Waals surface area contributed by atoms with Crippen molar-refractivity contribution in [1.82, 2.24) is 15.0 Å². The van der Waals surface area contributed by atoms with Gasteiger partial charge in [0, 0.05) is 22.2 Å². The summed E-state index contributed by atoms with van der Waals surface area (Å²) in [5, 5.41) is 55.7. The van der Waals surface area contributed by atoms with Gasteiger partial charge in [0.15, 0.2) is 5.75 Å². The summed E-state index contributed by atoms with van der Waals surface area (Å²) in [5.74, 6) is 0.163. The third-order valence-electron chi connectivity index (χ3n) is 11.3. The molecule has 22 nitrogen and oxygen atoms in total. The van der Waals surface area contributed by atoms with Crippen LogP contribution in [0.4, 0.5) is 45.5 Å². The van der Waals surface area contributed by atoms with Crippen LogP contribution in [0.3, 0.4) is 0 Å². The second kappa shape index (κ2) is 19.2. The molecule has 1 heterocycles. The van der Waals surface area contributed by atoms with E-state index in [9.17, 15) is 44.0 Å². The SMILES string of the molecule is COc1cc(N=Nc2ccc(N=Nc3ccc(N=Nc4ccccc4S(=O)(=O)O)c(C)c3)c(C)c2)c(C)cc1N=Nc1ccc2cc(-n3nc4ccc5c(S(=O)(=O)O)cc(S(=O)(=O)O)cc5c4n3)ccc2c1O. The summed E-state index contributed by atoms with van der Waals surface area (Å²) in [5.41, 5.74) is 6.10. The van der Waals surface area contributed by atoms with Crippen LogP contribution in [0.2, 0.25) is 0 Å². The largest absolute Gasteiger partial charge is 0.505 e. The first-order valence-electron chi connectivity index (χ1n) is 21.3. The smallest absolute Gasteiger partial charge is 0.296 e. The Morgan fingerprint density at radius 3 is 1.70 bits per heavy atom. The standard InChI is InChI=1S/C48H37N11O11S3/c1-26-19-31(10-16-37(26)51-49-30-11-17-38(27(2)20-30)52-53-39-7-5-6-8-45(39)72(64,65)66)50-55-42-25-44(70-4)43(21-28(42)3)56-54-41-15-9-29-22-32(12-13-34(29)48(41)60)59-57-40-18-14-35-36(47(40)58-59)23-33(71(61,62)63)24-46(35)73(67,68)69/h5-25,60H,1-4H3,(H,61,62,63)(H,64,65,66)(H,67,68,69). The summed E-state index contributed by atoms with van der Waals surface area (Å²) in [7, 11) is -12.8. The first-order valence-corrected chi connectivity index (χ1v) is 25.6. The molecule has 0 aliphatic heterocycles. The molecule has 73 heavy (non-hydrogen) atoms. The van der Waals surface area contributed by atoms with E-state index in [2.05, 4.69) is 51.1 Å². The fraction of sp³-hybridized carbons (Fsp3) is 0.0833. The van der Waals surface area contributed by atoms with Gasteiger partial charge in [0.2, 0.25) is 0 Å². The number of fused-ring (bicyclic) bond motifs is 4. The van der Waals surface area contributed by atoms with Gasteiger partial charge >= 0.3 is 0 Å². The molecule has 0 spiro atoms. The molecule has 0 aliphatic carbocycles. The second-order valence-electron chi connectivity index (χ2n) is 16.2. The molecule has 0 bridgehead atoms. The number of aromatic nitrogens is 3. The summed E-state index contributed by atoms with van der Waals surface area (Å²) in [6.07, 6.45) is 0. The number of hydrogen-bond acceptors (Lipinski definition) is 18. The average Bonchev–Trinajstić information content (AvgIpc) is 3.79. The van der Waals surface area contributed by atoms with Crippen LogP contribution in [0.15, 0.2) is 183 Å². The lowest BCUT2D eigenvalue weighted by Gasteiger charge is -2.08. The lowest BCUT2D eigenvalue weighted by Crippen LogP contribution is -2.04. The lowest BCUT2D eigenvalue weighted by atomic mass is 10.1. The van der Waals surface area contributed by atoms with E-state index in [0.29, 0.717) is 73.5 Å². The van der Waals surface area contributed by atoms with Crippen LogP contribution in [0.1, 0.15) is 16.7 Å². The van der Waals surface area contributed by atoms with Crippen molar-refractivity contribution < 1.29 is 48.8 Å². The van der Waals surface area contributed by atoms with Gasteiger partial charge < -0.3 is 9.84 Å². The number of methoxy groups -OCH3 is 1. The van der Waals surface area contributed by atoms with Crippen LogP contribution < -0.4 is 4.74 Å². The van der Waals surface area contributed by atoms with E-state index < -0.39 is 40.1 Å². The number of ether oxygens (including phenoxy) is 1. The van der Waals surface area contributed by atoms with Crippen LogP contribution in [0.5, 0.6) is 11.5 Å². The topological polar surface area (TPSA) is 322 Å². The first-order chi connectivity index (χ1) is 34.6. The minimum atomic E-state index is -4.91. The van der Waals surface area contributed by atoms with Gasteiger partial charge in [0.25, 0.3) is 30.4 Å². The zero-order valence-electron chi connectivity index (χ0n) is 38.4. The highest BCUT2D eigenvalue weighted by Crippen LogP contribution is 2.41. The quantitative estimate of drug-likeness (QED) is 0.0617. The molecule has 25 heteroatoms. The summed E-state index contributed by atoms with van der Waals surface area (Å²) >= 11 is 0. The number of phenols is 1. The van der Waals surface area contributed by atoms with E-state index in [-0.39, 0.29) is 43.8 Å². The number of phenolic OH excluding ortho intramolecular Hbond substituents is 1. The molecule has 0 atom stereocenters. The van der Waals surface area contributed by atoms with Gasteiger partial charge in [-0.15, -0.1) is 25.5 Å². The molecule has 0 radical (unpaired) electrons. The molecule has 0 saturated heterocycles. The number of benzene rings is 8. The highest BCUT2D eigenvalue weighted by atomic mass is 32.2. The fourth-order valence-electron chi connectivity index (χ4n) is 7.56. The van der Waals surface area contributed by atoms with E-state index in [4.69, 9.17) is 4.74 Å². The van der Waals surface area contributed by atoms with E-state index >= 15 is 0 Å². The Kier molecular flexibility index (Phi) is 13.0. The predicted octanol–water partition coefficient (Wildman–Crippen LogP) is 12.8. The van der Waals surface area contributed by atoms with Crippen molar-refractivity contribution in [1.29, 1.82) is 0 Å². The molecule has 0 fully saturated rings. The molecule has 0 aliphatic rings. The third-order valence-corrected chi connectivity index (χ3v) is 13.9. The molecule has 368 valence electrons. The Morgan fingerprint density at radius 1 is 0.479 bits per heavy atom. The van der Waals surface area contributed by atoms with Crippen LogP contribution in [-0.4, -0.2) is 66.1 Å². The normalized spacial score (nSPS) is 12.8. The van der Waals surface area contributed by atoms with Gasteiger partial charge in [0.1, 0.15) is 43.6 Å². The van der Waals surface area contributed by atoms with Gasteiger partial charge in [-0.2, -0.15) is 55.6 Å². The van der Waals surface area contributed by atoms with Crippen molar-refractivity contribution in [3.8, 4) is 17.2 Å². The number of azo groups is 4. The monoisotopic (exact) mass is 1040 g/mol. The van der Waals surface area contributed by atoms with Crippen molar-refractivity contribution >= 4 is 108 Å². The predicted molar refractivity (Wildman–Crippen MR) is 268 cm³/mol. The molecule has 4 N–H and O–H groups in total. The van der Waals surface area contributed by atoms with E-state index in [0.717, 1.165) is 11.6 Å². The van der Waals surface area contributed by atoms with Crippen LogP contribution in [-0.2, 0) is 30.4 Å². The van der Waals surface area contributed by atoms with Crippen LogP contribution in [0.25, 0.3) is 38.3 Å². The molecule has 1 aromatic heterocycles. The summed E-state index contributed by atoms with van der Waals surface area (Å²) < 4.78 is 106. The van der Waals surface area contributed by atoms with Crippen molar-refractivity contribution in [2.24, 2.45) is 40.9 Å². The maximum Gasteiger partial charge on any atom is 0.296 e. The highest BCUT2D eigenvalue weighted by Gasteiger charge is 2.23. The van der Waals surface area contributed by atoms with Gasteiger partial charge in [0.05, 0.1) is 46.1 Å². The Labute approximate surface area is 415 Å². The Balaban J connectivity index is 0.893. The summed E-state index contributed by atoms with van der Waals surface area (Å²) in [4.78, 5) is -0.613. The number of aryl methyl sites for hydroxylation is 3. The zero-order chi connectivity index (χ0) is 52.0. The first kappa shape index (κ1) is 49.4. The number of hydrogen-bond donors (Lipinski definition) is 4. The van der Waals surface area contributed by atoms with Crippen molar-refractivity contribution in [3.05, 3.63) is 144 Å². The lowest BCUT2D eigenvalue weighted by molar-refractivity contribution is 0.416. The molecule has 0 saturated carbocycles. The average molecular weight is 1040 g/mol. The number of aromatic hydroxyl groups is 1. The summed E-state index contributed by atoms with van der Waals surface area (Å²) in [6, 6.07) is 32.2. The molecule has 8 aromatic carbocycles. The third kappa shape index (κ3) is 10.4. The molecular weight excluding hydrogens is 1000 g/mol. The van der Waals surface area contributed by atoms with Gasteiger partial charge in [-0.25, -0.2) is 0 Å². The van der Waals surface area contributed by atoms with Crippen LogP contribution >= 0.6 is 0 Å². The molecule has 0 unspecified atom stereocenters. The summed E-state index contributed by atoms with van der Waals surface area (Å²) in [6.45, 7) is 5.47. The Bertz CT molecular complexity index is 4240. The van der Waals surface area contributed by atoms with Crippen molar-refractivity contribution in [2.45, 2.75) is 35.5 Å². The minimum absolute atomic E-state index is 0.00125. The Morgan fingerprint density at radius 2 is 1.05 bits per heavy atom. The van der Waals surface area contributed by atoms with E-state index in [1.54, 1.807) is 91.9 Å². The van der Waals surface area contributed by atoms with E-state index in [1.807, 2.05) is 13.8 Å². The zero-order valence-corrected chi connectivity index (χ0v) is 40.9. The maximum absolute atomic E-state index is 12.2. The number of rotatable bonds is 13. The van der Waals surface area contributed by atoms with Crippen LogP contribution in [0, 0.1) is 20.8 Å². The van der Waals surface area contributed by atoms with Gasteiger partial charge in [-0.05, 0) is 140 Å². The maximum atomic E-state index is 12.2. The molecular formula is C48H37N11O11S3. The Hall–Kier alpha value is -8.59. The van der Waals surface area contributed by atoms with Crippen molar-refractivity contribution in [3.63, 3.8) is 0 Å². The van der Waals surface area contributed by atoms with E-state index in [1.165, 1.54) is 42.2 Å². The minimum Gasteiger partial charge on any atom is -0.505 e. The van der Waals surface area contributed by atoms with Gasteiger partial charge in [-0.1, -0.05) is 24.3 Å². The highest BCUT2D eigenvalue weighted by molar-refractivity contribution is 7.87. The molecule has 0 amide bonds. The second-order valence-corrected chi connectivity index (χ2v) is 20.4. The number of nitrogens with zero attached hydrogens (tertiary/aromatic N) is 11.